The van der Waals surface area contributed by atoms with Crippen molar-refractivity contribution in [2.75, 3.05) is 17.2 Å². The smallest absolute Gasteiger partial charge is 0.248 e. The molecule has 1 aliphatic rings. The van der Waals surface area contributed by atoms with Crippen molar-refractivity contribution in [1.29, 1.82) is 0 Å². The maximum absolute atomic E-state index is 14.7. The lowest BCUT2D eigenvalue weighted by molar-refractivity contribution is -0.137. The molecule has 13 heteroatoms. The summed E-state index contributed by atoms with van der Waals surface area (Å²) in [5.74, 6) is -1.63. The van der Waals surface area contributed by atoms with E-state index in [1.54, 1.807) is 66.5 Å². The minimum atomic E-state index is -1.40. The fourth-order valence-electron chi connectivity index (χ4n) is 5.47. The van der Waals surface area contributed by atoms with Crippen LogP contribution >= 0.6 is 0 Å². The van der Waals surface area contributed by atoms with E-state index in [9.17, 15) is 23.2 Å². The van der Waals surface area contributed by atoms with E-state index in [0.29, 0.717) is 33.5 Å². The third-order valence-electron chi connectivity index (χ3n) is 7.45. The van der Waals surface area contributed by atoms with Gasteiger partial charge in [-0.15, -0.1) is 0 Å². The molecule has 6 rings (SSSR count). The van der Waals surface area contributed by atoms with Crippen LogP contribution in [0.15, 0.2) is 73.4 Å². The van der Waals surface area contributed by atoms with E-state index in [0.717, 1.165) is 0 Å². The van der Waals surface area contributed by atoms with Gasteiger partial charge in [0, 0.05) is 40.8 Å². The molecule has 11 nitrogen and oxygen atoms in total. The standard InChI is InChI=1S/C31H28F2N8O3/c1-18-9-29(41(38-18)27-6-4-3-5-25(27)33)37-31(44)28-10-20(32)14-40(28)30(43)16-39-15-24(19(2)42)23-11-21(7-8-26(23)39)36-22-12-34-17-35-13-22/h3-9,11-13,15,17,20,28,36H,10,14,16H2,1-2H3,(H,37,44)/t20-,28+/m1/s1. The van der Waals surface area contributed by atoms with Crippen molar-refractivity contribution in [2.45, 2.75) is 39.0 Å². The topological polar surface area (TPSA) is 127 Å². The molecular weight excluding hydrogens is 570 g/mol. The van der Waals surface area contributed by atoms with E-state index >= 15 is 0 Å². The SMILES string of the molecule is CC(=O)c1cn(CC(=O)N2C[C@H](F)C[C@H]2C(=O)Nc2cc(C)nn2-c2ccccc2F)c2ccc(Nc3cncnc3)cc12. The summed E-state index contributed by atoms with van der Waals surface area (Å²) in [4.78, 5) is 48.7. The molecule has 3 aromatic heterocycles. The molecule has 44 heavy (non-hydrogen) atoms. The molecule has 4 heterocycles. The molecule has 0 unspecified atom stereocenters. The molecule has 5 aromatic rings. The van der Waals surface area contributed by atoms with Crippen molar-refractivity contribution in [3.8, 4) is 5.69 Å². The number of hydrogen-bond donors (Lipinski definition) is 2. The lowest BCUT2D eigenvalue weighted by Gasteiger charge is -2.24. The Bertz CT molecular complexity index is 1890. The van der Waals surface area contributed by atoms with Crippen molar-refractivity contribution in [3.63, 3.8) is 0 Å². The lowest BCUT2D eigenvalue weighted by Crippen LogP contribution is -2.44. The maximum Gasteiger partial charge on any atom is 0.248 e. The Morgan fingerprint density at radius 2 is 1.82 bits per heavy atom. The van der Waals surface area contributed by atoms with Gasteiger partial charge in [0.05, 0.1) is 30.3 Å². The molecule has 2 aromatic carbocycles. The summed E-state index contributed by atoms with van der Waals surface area (Å²) in [5.41, 5.74) is 3.06. The maximum atomic E-state index is 14.7. The Balaban J connectivity index is 1.23. The highest BCUT2D eigenvalue weighted by atomic mass is 19.1. The van der Waals surface area contributed by atoms with Crippen LogP contribution in [0.2, 0.25) is 0 Å². The molecule has 1 saturated heterocycles. The highest BCUT2D eigenvalue weighted by Gasteiger charge is 2.40. The Hall–Kier alpha value is -5.46. The minimum absolute atomic E-state index is 0.134. The van der Waals surface area contributed by atoms with Gasteiger partial charge < -0.3 is 20.1 Å². The second-order valence-electron chi connectivity index (χ2n) is 10.6. The molecule has 1 aliphatic heterocycles. The first-order valence-electron chi connectivity index (χ1n) is 13.9. The average Bonchev–Trinajstić information content (AvgIpc) is 3.68. The molecule has 1 fully saturated rings. The van der Waals surface area contributed by atoms with Crippen LogP contribution in [-0.4, -0.2) is 65.6 Å². The number of likely N-dealkylation sites (tertiary alicyclic amines) is 1. The van der Waals surface area contributed by atoms with Crippen LogP contribution in [0.25, 0.3) is 16.6 Å². The molecular formula is C31H28F2N8O3. The summed E-state index contributed by atoms with van der Waals surface area (Å²) >= 11 is 0. The van der Waals surface area contributed by atoms with Gasteiger partial charge in [-0.1, -0.05) is 12.1 Å². The predicted octanol–water partition coefficient (Wildman–Crippen LogP) is 4.59. The molecule has 0 spiro atoms. The van der Waals surface area contributed by atoms with E-state index in [1.807, 2.05) is 0 Å². The monoisotopic (exact) mass is 598 g/mol. The van der Waals surface area contributed by atoms with Crippen LogP contribution in [0.1, 0.15) is 29.4 Å². The number of Topliss-reactive ketones (excluding diaryl/α,β-unsaturated/α-hetero) is 1. The zero-order valence-corrected chi connectivity index (χ0v) is 23.9. The van der Waals surface area contributed by atoms with Gasteiger partial charge in [0.25, 0.3) is 0 Å². The first-order chi connectivity index (χ1) is 21.2. The number of nitrogens with zero attached hydrogens (tertiary/aromatic N) is 6. The van der Waals surface area contributed by atoms with Gasteiger partial charge in [0.15, 0.2) is 5.78 Å². The normalized spacial score (nSPS) is 16.3. The van der Waals surface area contributed by atoms with E-state index in [2.05, 4.69) is 25.7 Å². The number of fused-ring (bicyclic) bond motifs is 1. The first-order valence-corrected chi connectivity index (χ1v) is 13.9. The summed E-state index contributed by atoms with van der Waals surface area (Å²) < 4.78 is 32.1. The summed E-state index contributed by atoms with van der Waals surface area (Å²) in [5, 5.41) is 10.8. The largest absolute Gasteiger partial charge is 0.353 e. The number of hydrogen-bond acceptors (Lipinski definition) is 7. The molecule has 2 amide bonds. The Labute approximate surface area is 250 Å². The van der Waals surface area contributed by atoms with Gasteiger partial charge in [-0.25, -0.2) is 23.4 Å². The predicted molar refractivity (Wildman–Crippen MR) is 159 cm³/mol. The van der Waals surface area contributed by atoms with Gasteiger partial charge in [0.1, 0.15) is 42.4 Å². The zero-order valence-electron chi connectivity index (χ0n) is 23.9. The Morgan fingerprint density at radius 3 is 2.57 bits per heavy atom. The number of ketones is 1. The van der Waals surface area contributed by atoms with Crippen molar-refractivity contribution in [2.24, 2.45) is 0 Å². The number of carbonyl (C=O) groups excluding carboxylic acids is 3. The second kappa shape index (κ2) is 11.7. The number of rotatable bonds is 8. The number of amides is 2. The van der Waals surface area contributed by atoms with E-state index < -0.39 is 29.8 Å². The third-order valence-corrected chi connectivity index (χ3v) is 7.45. The van der Waals surface area contributed by atoms with Gasteiger partial charge in [-0.05, 0) is 44.2 Å². The first kappa shape index (κ1) is 28.6. The summed E-state index contributed by atoms with van der Waals surface area (Å²) in [6, 6.07) is 11.8. The third kappa shape index (κ3) is 5.63. The number of nitrogens with one attached hydrogen (secondary N) is 2. The summed E-state index contributed by atoms with van der Waals surface area (Å²) in [6.45, 7) is 2.66. The molecule has 2 atom stereocenters. The number of halogens is 2. The van der Waals surface area contributed by atoms with E-state index in [-0.39, 0.29) is 36.8 Å². The van der Waals surface area contributed by atoms with E-state index in [1.165, 1.54) is 35.0 Å². The van der Waals surface area contributed by atoms with Crippen LogP contribution in [0.4, 0.5) is 26.0 Å². The van der Waals surface area contributed by atoms with Crippen LogP contribution in [0.3, 0.4) is 0 Å². The molecule has 0 bridgehead atoms. The van der Waals surface area contributed by atoms with Crippen molar-refractivity contribution in [3.05, 3.63) is 90.5 Å². The average molecular weight is 599 g/mol. The highest BCUT2D eigenvalue weighted by Crippen LogP contribution is 2.29. The van der Waals surface area contributed by atoms with Gasteiger partial charge in [0.2, 0.25) is 11.8 Å². The number of para-hydroxylation sites is 1. The fraction of sp³-hybridized carbons (Fsp3) is 0.226. The lowest BCUT2D eigenvalue weighted by atomic mass is 10.1. The number of benzene rings is 2. The quantitative estimate of drug-likeness (QED) is 0.250. The van der Waals surface area contributed by atoms with Crippen LogP contribution in [-0.2, 0) is 16.1 Å². The van der Waals surface area contributed by atoms with Gasteiger partial charge in [-0.2, -0.15) is 5.10 Å². The Morgan fingerprint density at radius 1 is 1.05 bits per heavy atom. The van der Waals surface area contributed by atoms with Gasteiger partial charge in [-0.3, -0.25) is 14.4 Å². The van der Waals surface area contributed by atoms with Crippen molar-refractivity contribution >= 4 is 45.7 Å². The van der Waals surface area contributed by atoms with Crippen LogP contribution < -0.4 is 10.6 Å². The Kier molecular flexibility index (Phi) is 7.60. The number of aryl methyl sites for hydroxylation is 1. The number of anilines is 3. The van der Waals surface area contributed by atoms with Crippen LogP contribution in [0, 0.1) is 12.7 Å². The number of carbonyl (C=O) groups is 3. The minimum Gasteiger partial charge on any atom is -0.353 e. The molecule has 0 aliphatic carbocycles. The van der Waals surface area contributed by atoms with Gasteiger partial charge >= 0.3 is 0 Å². The summed E-state index contributed by atoms with van der Waals surface area (Å²) in [7, 11) is 0. The highest BCUT2D eigenvalue weighted by molar-refractivity contribution is 6.08. The molecule has 0 saturated carbocycles. The van der Waals surface area contributed by atoms with Crippen molar-refractivity contribution in [1.82, 2.24) is 29.2 Å². The van der Waals surface area contributed by atoms with Crippen molar-refractivity contribution < 1.29 is 23.2 Å². The fourth-order valence-corrected chi connectivity index (χ4v) is 5.47. The zero-order chi connectivity index (χ0) is 31.0. The summed E-state index contributed by atoms with van der Waals surface area (Å²) in [6.07, 6.45) is 4.64. The molecule has 0 radical (unpaired) electrons. The number of aromatic nitrogens is 5. The van der Waals surface area contributed by atoms with Crippen LogP contribution in [0.5, 0.6) is 0 Å². The molecule has 224 valence electrons. The second-order valence-corrected chi connectivity index (χ2v) is 10.6. The number of alkyl halides is 1. The molecule has 2 N–H and O–H groups in total. The van der Waals surface area contributed by atoms with E-state index in [4.69, 9.17) is 0 Å².